The van der Waals surface area contributed by atoms with Crippen LogP contribution in [0.25, 0.3) is 11.1 Å². The summed E-state index contributed by atoms with van der Waals surface area (Å²) in [7, 11) is 5.59. The first-order valence-corrected chi connectivity index (χ1v) is 6.28. The fourth-order valence-corrected chi connectivity index (χ4v) is 2.12. The third-order valence-corrected chi connectivity index (χ3v) is 3.13. The van der Waals surface area contributed by atoms with Crippen LogP contribution in [0, 0.1) is 0 Å². The number of alkyl halides is 3. The Kier molecular flexibility index (Phi) is 3.61. The summed E-state index contributed by atoms with van der Waals surface area (Å²) >= 11 is 0. The van der Waals surface area contributed by atoms with Crippen LogP contribution in [0.5, 0.6) is 0 Å². The molecule has 0 radical (unpaired) electrons. The van der Waals surface area contributed by atoms with Crippen molar-refractivity contribution in [2.24, 2.45) is 0 Å². The maximum absolute atomic E-state index is 12.9. The fourth-order valence-electron chi connectivity index (χ4n) is 2.12. The Morgan fingerprint density at radius 2 is 1.45 bits per heavy atom. The number of hydrogen-bond donors (Lipinski definition) is 0. The van der Waals surface area contributed by atoms with Crippen LogP contribution in [0.1, 0.15) is 5.56 Å². The number of hydrogen-bond acceptors (Lipinski definition) is 0. The molecule has 0 aromatic heterocycles. The first kappa shape index (κ1) is 14.6. The molecular formula is C16H17F3N+. The van der Waals surface area contributed by atoms with Crippen molar-refractivity contribution in [1.29, 1.82) is 0 Å². The molecule has 0 aliphatic carbocycles. The molecule has 0 heterocycles. The first-order chi connectivity index (χ1) is 9.19. The van der Waals surface area contributed by atoms with Gasteiger partial charge in [0.2, 0.25) is 0 Å². The van der Waals surface area contributed by atoms with Gasteiger partial charge in [-0.05, 0) is 17.7 Å². The molecule has 20 heavy (non-hydrogen) atoms. The molecule has 0 aliphatic heterocycles. The summed E-state index contributed by atoms with van der Waals surface area (Å²) in [6.07, 6.45) is -4.32. The lowest BCUT2D eigenvalue weighted by Gasteiger charge is -2.27. The molecule has 0 spiro atoms. The summed E-state index contributed by atoms with van der Waals surface area (Å²) in [6.45, 7) is 0. The summed E-state index contributed by atoms with van der Waals surface area (Å²) in [6, 6.07) is 13.4. The molecule has 0 aliphatic rings. The van der Waals surface area contributed by atoms with Crippen LogP contribution in [0.3, 0.4) is 0 Å². The molecule has 0 saturated heterocycles. The SMILES string of the molecule is C[N+](C)(C)c1cc(C(F)(F)F)ccc1-c1ccccc1. The van der Waals surface area contributed by atoms with Crippen molar-refractivity contribution in [3.63, 3.8) is 0 Å². The smallest absolute Gasteiger partial charge is 0.298 e. The molecule has 4 heteroatoms. The largest absolute Gasteiger partial charge is 0.416 e. The Bertz CT molecular complexity index is 595. The summed E-state index contributed by atoms with van der Waals surface area (Å²) in [5.74, 6) is 0. The van der Waals surface area contributed by atoms with E-state index in [4.69, 9.17) is 0 Å². The van der Waals surface area contributed by atoms with Gasteiger partial charge in [-0.25, -0.2) is 0 Å². The highest BCUT2D eigenvalue weighted by Crippen LogP contribution is 2.38. The monoisotopic (exact) mass is 280 g/mol. The molecule has 0 fully saturated rings. The summed E-state index contributed by atoms with van der Waals surface area (Å²) < 4.78 is 39.0. The second-order valence-corrected chi connectivity index (χ2v) is 5.61. The van der Waals surface area contributed by atoms with Crippen molar-refractivity contribution in [2.45, 2.75) is 6.18 Å². The van der Waals surface area contributed by atoms with E-state index in [1.165, 1.54) is 6.07 Å². The minimum absolute atomic E-state index is 0.328. The van der Waals surface area contributed by atoms with Crippen molar-refractivity contribution < 1.29 is 13.2 Å². The van der Waals surface area contributed by atoms with Crippen LogP contribution in [0.2, 0.25) is 0 Å². The van der Waals surface area contributed by atoms with Gasteiger partial charge in [-0.1, -0.05) is 30.3 Å². The molecule has 0 bridgehead atoms. The molecule has 1 nitrogen and oxygen atoms in total. The quantitative estimate of drug-likeness (QED) is 0.707. The van der Waals surface area contributed by atoms with Crippen LogP contribution in [0.15, 0.2) is 48.5 Å². The average molecular weight is 280 g/mol. The lowest BCUT2D eigenvalue weighted by Crippen LogP contribution is -2.35. The van der Waals surface area contributed by atoms with Crippen molar-refractivity contribution in [3.05, 3.63) is 54.1 Å². The molecule has 2 rings (SSSR count). The van der Waals surface area contributed by atoms with Crippen LogP contribution in [-0.2, 0) is 6.18 Å². The van der Waals surface area contributed by atoms with Crippen molar-refractivity contribution in [3.8, 4) is 11.1 Å². The fraction of sp³-hybridized carbons (Fsp3) is 0.250. The third kappa shape index (κ3) is 3.02. The predicted molar refractivity (Wildman–Crippen MR) is 76.4 cm³/mol. The number of halogens is 3. The van der Waals surface area contributed by atoms with E-state index in [-0.39, 0.29) is 0 Å². The van der Waals surface area contributed by atoms with Crippen molar-refractivity contribution >= 4 is 5.69 Å². The summed E-state index contributed by atoms with van der Waals surface area (Å²) in [5.41, 5.74) is 1.78. The normalized spacial score (nSPS) is 12.5. The van der Waals surface area contributed by atoms with E-state index < -0.39 is 11.7 Å². The van der Waals surface area contributed by atoms with Crippen molar-refractivity contribution in [1.82, 2.24) is 4.48 Å². The van der Waals surface area contributed by atoms with E-state index in [9.17, 15) is 13.2 Å². The summed E-state index contributed by atoms with van der Waals surface area (Å²) in [5, 5.41) is 0. The van der Waals surface area contributed by atoms with Gasteiger partial charge in [0.15, 0.2) is 0 Å². The standard InChI is InChI=1S/C16H17F3N/c1-20(2,3)15-11-13(16(17,18)19)9-10-14(15)12-7-5-4-6-8-12/h4-11H,1-3H3/q+1. The molecule has 0 atom stereocenters. The lowest BCUT2D eigenvalue weighted by atomic mass is 10.00. The van der Waals surface area contributed by atoms with Crippen LogP contribution < -0.4 is 4.48 Å². The number of nitrogens with zero attached hydrogens (tertiary/aromatic N) is 1. The van der Waals surface area contributed by atoms with E-state index in [0.717, 1.165) is 17.2 Å². The Balaban J connectivity index is 2.65. The van der Waals surface area contributed by atoms with Gasteiger partial charge in [-0.2, -0.15) is 13.2 Å². The maximum atomic E-state index is 12.9. The van der Waals surface area contributed by atoms with E-state index in [1.54, 1.807) is 6.07 Å². The zero-order valence-corrected chi connectivity index (χ0v) is 11.7. The third-order valence-electron chi connectivity index (χ3n) is 3.13. The van der Waals surface area contributed by atoms with E-state index in [0.29, 0.717) is 10.2 Å². The van der Waals surface area contributed by atoms with Gasteiger partial charge in [-0.3, -0.25) is 4.48 Å². The van der Waals surface area contributed by atoms with Crippen LogP contribution in [-0.4, -0.2) is 21.1 Å². The van der Waals surface area contributed by atoms with E-state index in [1.807, 2.05) is 51.5 Å². The molecule has 0 unspecified atom stereocenters. The second-order valence-electron chi connectivity index (χ2n) is 5.61. The topological polar surface area (TPSA) is 0 Å². The molecule has 2 aromatic rings. The second kappa shape index (κ2) is 4.94. The highest BCUT2D eigenvalue weighted by atomic mass is 19.4. The Labute approximate surface area is 116 Å². The van der Waals surface area contributed by atoms with E-state index in [2.05, 4.69) is 0 Å². The molecule has 106 valence electrons. The number of rotatable bonds is 2. The molecule has 2 aromatic carbocycles. The van der Waals surface area contributed by atoms with Gasteiger partial charge in [-0.15, -0.1) is 0 Å². The maximum Gasteiger partial charge on any atom is 0.416 e. The first-order valence-electron chi connectivity index (χ1n) is 6.28. The minimum atomic E-state index is -4.32. The molecule has 0 N–H and O–H groups in total. The highest BCUT2D eigenvalue weighted by molar-refractivity contribution is 5.77. The van der Waals surface area contributed by atoms with Gasteiger partial charge >= 0.3 is 6.18 Å². The van der Waals surface area contributed by atoms with Gasteiger partial charge in [0, 0.05) is 11.6 Å². The highest BCUT2D eigenvalue weighted by Gasteiger charge is 2.33. The zero-order valence-electron chi connectivity index (χ0n) is 11.7. The minimum Gasteiger partial charge on any atom is -0.298 e. The molecular weight excluding hydrogens is 263 g/mol. The van der Waals surface area contributed by atoms with Crippen LogP contribution in [0.4, 0.5) is 18.9 Å². The van der Waals surface area contributed by atoms with Gasteiger partial charge in [0.1, 0.15) is 5.69 Å². The van der Waals surface area contributed by atoms with Crippen LogP contribution >= 0.6 is 0 Å². The van der Waals surface area contributed by atoms with Crippen molar-refractivity contribution in [2.75, 3.05) is 21.1 Å². The zero-order chi connectivity index (χ0) is 15.0. The van der Waals surface area contributed by atoms with Gasteiger partial charge in [0.25, 0.3) is 0 Å². The molecule has 0 saturated carbocycles. The van der Waals surface area contributed by atoms with Gasteiger partial charge < -0.3 is 0 Å². The lowest BCUT2D eigenvalue weighted by molar-refractivity contribution is -0.137. The Morgan fingerprint density at radius 3 is 1.95 bits per heavy atom. The Morgan fingerprint density at radius 1 is 0.850 bits per heavy atom. The average Bonchev–Trinajstić information content (AvgIpc) is 2.37. The Hall–Kier alpha value is -1.81. The summed E-state index contributed by atoms with van der Waals surface area (Å²) in [4.78, 5) is 0. The number of benzene rings is 2. The van der Waals surface area contributed by atoms with Gasteiger partial charge in [0.05, 0.1) is 26.7 Å². The van der Waals surface area contributed by atoms with E-state index >= 15 is 0 Å². The molecule has 0 amide bonds. The number of quaternary nitrogens is 1. The predicted octanol–water partition coefficient (Wildman–Crippen LogP) is 4.57.